The molecule has 0 radical (unpaired) electrons. The first-order valence-corrected chi connectivity index (χ1v) is 9.18. The lowest BCUT2D eigenvalue weighted by Crippen LogP contribution is -2.21. The Balaban J connectivity index is 1.82. The number of anilines is 3. The maximum atomic E-state index is 13.7. The zero-order valence-corrected chi connectivity index (χ0v) is 13.7. The Morgan fingerprint density at radius 2 is 1.83 bits per heavy atom. The number of aryl methyl sites for hydroxylation is 1. The maximum absolute atomic E-state index is 13.7. The van der Waals surface area contributed by atoms with Crippen LogP contribution in [0, 0.1) is 18.6 Å². The van der Waals surface area contributed by atoms with Crippen LogP contribution in [0.3, 0.4) is 0 Å². The van der Waals surface area contributed by atoms with Crippen LogP contribution in [0.4, 0.5) is 26.1 Å². The Labute approximate surface area is 138 Å². The van der Waals surface area contributed by atoms with Crippen LogP contribution in [-0.2, 0) is 9.84 Å². The molecule has 1 aliphatic heterocycles. The summed E-state index contributed by atoms with van der Waals surface area (Å²) in [5.41, 5.74) is -0.301. The van der Waals surface area contributed by atoms with E-state index in [-0.39, 0.29) is 29.1 Å². The Morgan fingerprint density at radius 1 is 1.17 bits per heavy atom. The van der Waals surface area contributed by atoms with Gasteiger partial charge in [-0.2, -0.15) is 0 Å². The van der Waals surface area contributed by atoms with Gasteiger partial charge in [-0.15, -0.1) is 0 Å². The lowest BCUT2D eigenvalue weighted by atomic mass is 10.2. The molecule has 0 saturated carbocycles. The van der Waals surface area contributed by atoms with Crippen LogP contribution < -0.4 is 10.6 Å². The van der Waals surface area contributed by atoms with Crippen LogP contribution >= 0.6 is 0 Å². The monoisotopic (exact) mass is 354 g/mol. The van der Waals surface area contributed by atoms with E-state index >= 15 is 0 Å². The lowest BCUT2D eigenvalue weighted by molar-refractivity contribution is 0.590. The van der Waals surface area contributed by atoms with Crippen molar-refractivity contribution in [2.24, 2.45) is 0 Å². The summed E-state index contributed by atoms with van der Waals surface area (Å²) in [6, 6.07) is 4.81. The number of nitrogens with zero attached hydrogens (tertiary/aromatic N) is 2. The van der Waals surface area contributed by atoms with Gasteiger partial charge in [-0.25, -0.2) is 27.2 Å². The average molecular weight is 354 g/mol. The first-order valence-electron chi connectivity index (χ1n) is 7.36. The summed E-state index contributed by atoms with van der Waals surface area (Å²) in [5, 5.41) is 5.64. The molecule has 1 atom stereocenters. The number of halogens is 2. The first-order chi connectivity index (χ1) is 11.3. The number of benzene rings is 1. The molecule has 2 aromatic rings. The number of sulfone groups is 1. The largest absolute Gasteiger partial charge is 0.366 e. The molecule has 2 heterocycles. The third-order valence-corrected chi connectivity index (χ3v) is 5.41. The number of rotatable bonds is 4. The third-order valence-electron chi connectivity index (χ3n) is 3.64. The molecular weight excluding hydrogens is 338 g/mol. The van der Waals surface area contributed by atoms with E-state index < -0.39 is 21.5 Å². The van der Waals surface area contributed by atoms with Crippen molar-refractivity contribution in [3.63, 3.8) is 0 Å². The highest BCUT2D eigenvalue weighted by atomic mass is 32.2. The van der Waals surface area contributed by atoms with Crippen LogP contribution in [0.25, 0.3) is 0 Å². The van der Waals surface area contributed by atoms with Crippen molar-refractivity contribution in [2.75, 3.05) is 22.1 Å². The van der Waals surface area contributed by atoms with E-state index in [1.54, 1.807) is 6.92 Å². The summed E-state index contributed by atoms with van der Waals surface area (Å²) in [4.78, 5) is 8.29. The SMILES string of the molecule is Cc1nc(Nc2c(F)cccc2F)cc(NC2CCS(=O)(=O)C2)n1. The fraction of sp³-hybridized carbons (Fsp3) is 0.333. The predicted octanol–water partition coefficient (Wildman–Crippen LogP) is 2.41. The summed E-state index contributed by atoms with van der Waals surface area (Å²) in [6.45, 7) is 1.64. The van der Waals surface area contributed by atoms with Gasteiger partial charge in [-0.1, -0.05) is 6.07 Å². The molecule has 0 bridgehead atoms. The molecular formula is C15H16F2N4O2S. The Morgan fingerprint density at radius 3 is 2.46 bits per heavy atom. The molecule has 0 aliphatic carbocycles. The summed E-state index contributed by atoms with van der Waals surface area (Å²) in [5.74, 6) is -0.273. The van der Waals surface area contributed by atoms with Crippen molar-refractivity contribution in [2.45, 2.75) is 19.4 Å². The summed E-state index contributed by atoms with van der Waals surface area (Å²) >= 11 is 0. The normalized spacial score (nSPS) is 19.2. The van der Waals surface area contributed by atoms with Crippen molar-refractivity contribution in [3.8, 4) is 0 Å². The van der Waals surface area contributed by atoms with Crippen molar-refractivity contribution in [1.82, 2.24) is 9.97 Å². The molecule has 1 saturated heterocycles. The van der Waals surface area contributed by atoms with E-state index in [9.17, 15) is 17.2 Å². The molecule has 1 aromatic heterocycles. The van der Waals surface area contributed by atoms with Gasteiger partial charge in [0.2, 0.25) is 0 Å². The molecule has 0 amide bonds. The van der Waals surface area contributed by atoms with E-state index in [0.29, 0.717) is 18.1 Å². The van der Waals surface area contributed by atoms with E-state index in [1.165, 1.54) is 12.1 Å². The average Bonchev–Trinajstić information content (AvgIpc) is 2.81. The van der Waals surface area contributed by atoms with Crippen molar-refractivity contribution in [3.05, 3.63) is 41.7 Å². The predicted molar refractivity (Wildman–Crippen MR) is 87.1 cm³/mol. The van der Waals surface area contributed by atoms with Gasteiger partial charge in [0.25, 0.3) is 0 Å². The van der Waals surface area contributed by atoms with Gasteiger partial charge in [0.15, 0.2) is 9.84 Å². The molecule has 1 fully saturated rings. The molecule has 1 aromatic carbocycles. The number of nitrogens with one attached hydrogen (secondary N) is 2. The minimum Gasteiger partial charge on any atom is -0.366 e. The second-order valence-corrected chi connectivity index (χ2v) is 7.88. The highest BCUT2D eigenvalue weighted by Gasteiger charge is 2.28. The first kappa shape index (κ1) is 16.6. The topological polar surface area (TPSA) is 84.0 Å². The highest BCUT2D eigenvalue weighted by molar-refractivity contribution is 7.91. The fourth-order valence-electron chi connectivity index (χ4n) is 2.57. The van der Waals surface area contributed by atoms with E-state index in [1.807, 2.05) is 0 Å². The van der Waals surface area contributed by atoms with Crippen LogP contribution in [0.5, 0.6) is 0 Å². The van der Waals surface area contributed by atoms with E-state index in [0.717, 1.165) is 12.1 Å². The Kier molecular flexibility index (Phi) is 4.35. The standard InChI is InChI=1S/C15H16F2N4O2S/c1-9-18-13(20-10-5-6-24(22,23)8-10)7-14(19-9)21-15-11(16)3-2-4-12(15)17/h2-4,7,10H,5-6,8H2,1H3,(H2,18,19,20,21). The third kappa shape index (κ3) is 3.78. The van der Waals surface area contributed by atoms with Crippen molar-refractivity contribution in [1.29, 1.82) is 0 Å². The van der Waals surface area contributed by atoms with Gasteiger partial charge >= 0.3 is 0 Å². The summed E-state index contributed by atoms with van der Waals surface area (Å²) in [6.07, 6.45) is 0.496. The molecule has 9 heteroatoms. The van der Waals surface area contributed by atoms with E-state index in [2.05, 4.69) is 20.6 Å². The van der Waals surface area contributed by atoms with Crippen LogP contribution in [0.15, 0.2) is 24.3 Å². The quantitative estimate of drug-likeness (QED) is 0.877. The molecule has 6 nitrogen and oxygen atoms in total. The second-order valence-electron chi connectivity index (χ2n) is 5.65. The van der Waals surface area contributed by atoms with Crippen LogP contribution in [0.2, 0.25) is 0 Å². The van der Waals surface area contributed by atoms with Gasteiger partial charge in [-0.3, -0.25) is 0 Å². The minimum atomic E-state index is -3.02. The summed E-state index contributed by atoms with van der Waals surface area (Å²) in [7, 11) is -3.02. The molecule has 3 rings (SSSR count). The zero-order chi connectivity index (χ0) is 17.3. The maximum Gasteiger partial charge on any atom is 0.152 e. The van der Waals surface area contributed by atoms with Gasteiger partial charge in [0.05, 0.1) is 11.5 Å². The summed E-state index contributed by atoms with van der Waals surface area (Å²) < 4.78 is 50.5. The molecule has 1 unspecified atom stereocenters. The van der Waals surface area contributed by atoms with E-state index in [4.69, 9.17) is 0 Å². The van der Waals surface area contributed by atoms with Gasteiger partial charge < -0.3 is 10.6 Å². The molecule has 128 valence electrons. The fourth-order valence-corrected chi connectivity index (χ4v) is 4.24. The van der Waals surface area contributed by atoms with Crippen LogP contribution in [-0.4, -0.2) is 35.9 Å². The lowest BCUT2D eigenvalue weighted by Gasteiger charge is -2.14. The smallest absolute Gasteiger partial charge is 0.152 e. The number of para-hydroxylation sites is 1. The van der Waals surface area contributed by atoms with Gasteiger partial charge in [0.1, 0.15) is 34.8 Å². The number of aromatic nitrogens is 2. The molecule has 24 heavy (non-hydrogen) atoms. The van der Waals surface area contributed by atoms with Crippen LogP contribution in [0.1, 0.15) is 12.2 Å². The van der Waals surface area contributed by atoms with Gasteiger partial charge in [-0.05, 0) is 25.5 Å². The van der Waals surface area contributed by atoms with Gasteiger partial charge in [0, 0.05) is 12.1 Å². The van der Waals surface area contributed by atoms with Crippen molar-refractivity contribution < 1.29 is 17.2 Å². The molecule has 2 N–H and O–H groups in total. The Hall–Kier alpha value is -2.29. The number of hydrogen-bond acceptors (Lipinski definition) is 6. The Bertz CT molecular complexity index is 854. The molecule has 1 aliphatic rings. The second kappa shape index (κ2) is 6.31. The minimum absolute atomic E-state index is 0.0424. The van der Waals surface area contributed by atoms with Crippen molar-refractivity contribution >= 4 is 27.2 Å². The highest BCUT2D eigenvalue weighted by Crippen LogP contribution is 2.24. The zero-order valence-electron chi connectivity index (χ0n) is 12.9. The number of hydrogen-bond donors (Lipinski definition) is 2. The molecule has 0 spiro atoms.